The Morgan fingerprint density at radius 2 is 1.76 bits per heavy atom. The molecule has 0 amide bonds. The number of benzene rings is 2. The van der Waals surface area contributed by atoms with Crippen molar-refractivity contribution in [1.82, 2.24) is 9.88 Å². The van der Waals surface area contributed by atoms with Crippen molar-refractivity contribution in [3.8, 4) is 16.9 Å². The molecule has 0 aliphatic carbocycles. The van der Waals surface area contributed by atoms with E-state index in [0.29, 0.717) is 0 Å². The van der Waals surface area contributed by atoms with E-state index in [-0.39, 0.29) is 12.4 Å². The van der Waals surface area contributed by atoms with Crippen molar-refractivity contribution >= 4 is 35.1 Å². The number of thioether (sulfide) groups is 1. The van der Waals surface area contributed by atoms with Gasteiger partial charge in [-0.3, -0.25) is 0 Å². The zero-order valence-corrected chi connectivity index (χ0v) is 16.4. The molecule has 3 nitrogen and oxygen atoms in total. The second kappa shape index (κ2) is 9.09. The quantitative estimate of drug-likeness (QED) is 0.568. The average Bonchev–Trinajstić information content (AvgIpc) is 2.61. The number of fused-ring (bicyclic) bond motifs is 1. The molecule has 1 aromatic heterocycles. The standard InChI is InChI=1S/C20H22N2OS.ClH/c1-22(2)12-13-24-20-18(15-8-10-17(23-3)11-9-15)14-16-6-4-5-7-19(16)21-20;/h4-11,14H,12-13H2,1-3H3;1H. The van der Waals surface area contributed by atoms with Crippen molar-refractivity contribution in [2.45, 2.75) is 5.03 Å². The topological polar surface area (TPSA) is 25.4 Å². The number of ether oxygens (including phenoxy) is 1. The summed E-state index contributed by atoms with van der Waals surface area (Å²) in [6, 6.07) is 18.7. The normalized spacial score (nSPS) is 10.7. The SMILES string of the molecule is COc1ccc(-c2cc3ccccc3nc2SCCN(C)C)cc1.Cl. The molecule has 2 aromatic carbocycles. The summed E-state index contributed by atoms with van der Waals surface area (Å²) in [5, 5.41) is 2.25. The first-order chi connectivity index (χ1) is 11.7. The van der Waals surface area contributed by atoms with Crippen LogP contribution in [-0.2, 0) is 0 Å². The number of para-hydroxylation sites is 1. The highest BCUT2D eigenvalue weighted by Gasteiger charge is 2.10. The molecule has 0 radical (unpaired) electrons. The van der Waals surface area contributed by atoms with Crippen molar-refractivity contribution in [2.24, 2.45) is 0 Å². The smallest absolute Gasteiger partial charge is 0.118 e. The summed E-state index contributed by atoms with van der Waals surface area (Å²) in [5.74, 6) is 1.89. The molecule has 25 heavy (non-hydrogen) atoms. The average molecular weight is 375 g/mol. The number of rotatable bonds is 6. The van der Waals surface area contributed by atoms with Gasteiger partial charge in [-0.15, -0.1) is 24.2 Å². The van der Waals surface area contributed by atoms with Crippen molar-refractivity contribution in [1.29, 1.82) is 0 Å². The predicted molar refractivity (Wildman–Crippen MR) is 110 cm³/mol. The first-order valence-electron chi connectivity index (χ1n) is 7.99. The van der Waals surface area contributed by atoms with Crippen LogP contribution in [0.3, 0.4) is 0 Å². The minimum atomic E-state index is 0. The van der Waals surface area contributed by atoms with Crippen LogP contribution in [0.15, 0.2) is 59.6 Å². The van der Waals surface area contributed by atoms with Gasteiger partial charge in [-0.2, -0.15) is 0 Å². The van der Waals surface area contributed by atoms with Gasteiger partial charge in [0.1, 0.15) is 10.8 Å². The van der Waals surface area contributed by atoms with Crippen molar-refractivity contribution < 1.29 is 4.74 Å². The molecular formula is C20H23ClN2OS. The van der Waals surface area contributed by atoms with Crippen LogP contribution in [0.5, 0.6) is 5.75 Å². The first kappa shape index (κ1) is 19.6. The highest BCUT2D eigenvalue weighted by atomic mass is 35.5. The van der Waals surface area contributed by atoms with Crippen LogP contribution in [0.4, 0.5) is 0 Å². The van der Waals surface area contributed by atoms with E-state index in [1.165, 1.54) is 16.5 Å². The largest absolute Gasteiger partial charge is 0.497 e. The molecule has 0 bridgehead atoms. The second-order valence-corrected chi connectivity index (χ2v) is 7.00. The Balaban J connectivity index is 0.00000225. The van der Waals surface area contributed by atoms with Crippen molar-refractivity contribution in [2.75, 3.05) is 33.5 Å². The minimum Gasteiger partial charge on any atom is -0.497 e. The van der Waals surface area contributed by atoms with E-state index in [1.807, 2.05) is 30.0 Å². The fourth-order valence-electron chi connectivity index (χ4n) is 2.51. The van der Waals surface area contributed by atoms with Gasteiger partial charge in [-0.25, -0.2) is 4.98 Å². The molecule has 0 saturated heterocycles. The van der Waals surface area contributed by atoms with Gasteiger partial charge in [-0.1, -0.05) is 30.3 Å². The lowest BCUT2D eigenvalue weighted by Crippen LogP contribution is -2.14. The Morgan fingerprint density at radius 3 is 2.44 bits per heavy atom. The highest BCUT2D eigenvalue weighted by molar-refractivity contribution is 7.99. The third-order valence-electron chi connectivity index (χ3n) is 3.87. The molecule has 0 N–H and O–H groups in total. The molecule has 5 heteroatoms. The molecule has 0 spiro atoms. The number of hydrogen-bond donors (Lipinski definition) is 0. The van der Waals surface area contributed by atoms with E-state index in [0.717, 1.165) is 28.6 Å². The maximum Gasteiger partial charge on any atom is 0.118 e. The van der Waals surface area contributed by atoms with E-state index in [1.54, 1.807) is 7.11 Å². The Labute approximate surface area is 159 Å². The number of hydrogen-bond acceptors (Lipinski definition) is 4. The summed E-state index contributed by atoms with van der Waals surface area (Å²) >= 11 is 1.81. The monoisotopic (exact) mass is 374 g/mol. The van der Waals surface area contributed by atoms with Crippen LogP contribution in [0, 0.1) is 0 Å². The molecule has 3 aromatic rings. The van der Waals surface area contributed by atoms with Crippen LogP contribution < -0.4 is 4.74 Å². The van der Waals surface area contributed by atoms with E-state index < -0.39 is 0 Å². The lowest BCUT2D eigenvalue weighted by Gasteiger charge is -2.13. The van der Waals surface area contributed by atoms with Crippen molar-refractivity contribution in [3.05, 3.63) is 54.6 Å². The molecular weight excluding hydrogens is 352 g/mol. The van der Waals surface area contributed by atoms with Crippen LogP contribution >= 0.6 is 24.2 Å². The highest BCUT2D eigenvalue weighted by Crippen LogP contribution is 2.33. The molecule has 0 aliphatic heterocycles. The summed E-state index contributed by atoms with van der Waals surface area (Å²) in [6.45, 7) is 1.03. The predicted octanol–water partition coefficient (Wildman–Crippen LogP) is 4.99. The van der Waals surface area contributed by atoms with Gasteiger partial charge in [0.25, 0.3) is 0 Å². The lowest BCUT2D eigenvalue weighted by molar-refractivity contribution is 0.415. The molecule has 0 unspecified atom stereocenters. The van der Waals surface area contributed by atoms with E-state index >= 15 is 0 Å². The summed E-state index contributed by atoms with van der Waals surface area (Å²) in [7, 11) is 5.88. The number of nitrogens with zero attached hydrogens (tertiary/aromatic N) is 2. The number of methoxy groups -OCH3 is 1. The summed E-state index contributed by atoms with van der Waals surface area (Å²) in [5.41, 5.74) is 3.39. The van der Waals surface area contributed by atoms with Gasteiger partial charge in [0, 0.05) is 23.2 Å². The summed E-state index contributed by atoms with van der Waals surface area (Å²) < 4.78 is 5.27. The lowest BCUT2D eigenvalue weighted by atomic mass is 10.1. The van der Waals surface area contributed by atoms with Gasteiger partial charge >= 0.3 is 0 Å². The summed E-state index contributed by atoms with van der Waals surface area (Å²) in [4.78, 5) is 7.10. The first-order valence-corrected chi connectivity index (χ1v) is 8.97. The maximum absolute atomic E-state index is 5.27. The van der Waals surface area contributed by atoms with Gasteiger partial charge in [-0.05, 0) is 43.9 Å². The molecule has 132 valence electrons. The van der Waals surface area contributed by atoms with Gasteiger partial charge in [0.05, 0.1) is 12.6 Å². The van der Waals surface area contributed by atoms with E-state index in [2.05, 4.69) is 55.4 Å². The van der Waals surface area contributed by atoms with E-state index in [4.69, 9.17) is 9.72 Å². The number of pyridine rings is 1. The Kier molecular flexibility index (Phi) is 7.12. The second-order valence-electron chi connectivity index (χ2n) is 5.91. The van der Waals surface area contributed by atoms with Crippen molar-refractivity contribution in [3.63, 3.8) is 0 Å². The molecule has 1 heterocycles. The number of halogens is 1. The third kappa shape index (κ3) is 4.88. The molecule has 0 fully saturated rings. The Hall–Kier alpha value is -1.75. The van der Waals surface area contributed by atoms with Crippen LogP contribution in [0.2, 0.25) is 0 Å². The van der Waals surface area contributed by atoms with Gasteiger partial charge in [0.2, 0.25) is 0 Å². The minimum absolute atomic E-state index is 0. The molecule has 0 atom stereocenters. The zero-order chi connectivity index (χ0) is 16.9. The van der Waals surface area contributed by atoms with Gasteiger partial charge in [0.15, 0.2) is 0 Å². The maximum atomic E-state index is 5.27. The van der Waals surface area contributed by atoms with Crippen LogP contribution in [0.25, 0.3) is 22.0 Å². The third-order valence-corrected chi connectivity index (χ3v) is 4.84. The van der Waals surface area contributed by atoms with E-state index in [9.17, 15) is 0 Å². The fraction of sp³-hybridized carbons (Fsp3) is 0.250. The number of aromatic nitrogens is 1. The Bertz CT molecular complexity index is 822. The molecule has 0 saturated carbocycles. The molecule has 0 aliphatic rings. The molecule has 3 rings (SSSR count). The van der Waals surface area contributed by atoms with Crippen LogP contribution in [0.1, 0.15) is 0 Å². The fourth-order valence-corrected chi connectivity index (χ4v) is 3.66. The zero-order valence-electron chi connectivity index (χ0n) is 14.7. The van der Waals surface area contributed by atoms with Gasteiger partial charge < -0.3 is 9.64 Å². The Morgan fingerprint density at radius 1 is 1.04 bits per heavy atom. The summed E-state index contributed by atoms with van der Waals surface area (Å²) in [6.07, 6.45) is 0. The van der Waals surface area contributed by atoms with Crippen LogP contribution in [-0.4, -0.2) is 43.4 Å².